The highest BCUT2D eigenvalue weighted by Gasteiger charge is 2.24. The van der Waals surface area contributed by atoms with E-state index in [9.17, 15) is 10.1 Å². The van der Waals surface area contributed by atoms with Crippen molar-refractivity contribution >= 4 is 17.1 Å². The first-order valence-electron chi connectivity index (χ1n) is 6.64. The van der Waals surface area contributed by atoms with Crippen molar-refractivity contribution in [3.05, 3.63) is 28.3 Å². The number of likely N-dealkylation sites (tertiary alicyclic amines) is 1. The maximum absolute atomic E-state index is 11.0. The Morgan fingerprint density at radius 2 is 2.37 bits per heavy atom. The van der Waals surface area contributed by atoms with Gasteiger partial charge in [-0.25, -0.2) is 0 Å². The van der Waals surface area contributed by atoms with E-state index < -0.39 is 4.92 Å². The summed E-state index contributed by atoms with van der Waals surface area (Å²) in [6, 6.07) is 5.44. The average Bonchev–Trinajstić information content (AvgIpc) is 2.83. The summed E-state index contributed by atoms with van der Waals surface area (Å²) < 4.78 is 0. The van der Waals surface area contributed by atoms with Crippen LogP contribution in [-0.2, 0) is 0 Å². The van der Waals surface area contributed by atoms with Gasteiger partial charge in [0.15, 0.2) is 0 Å². The number of anilines is 2. The minimum atomic E-state index is -0.427. The molecule has 0 spiro atoms. The molecule has 6 heteroatoms. The van der Waals surface area contributed by atoms with Crippen LogP contribution in [0.1, 0.15) is 19.8 Å². The molecule has 1 aliphatic heterocycles. The summed E-state index contributed by atoms with van der Waals surface area (Å²) in [5, 5.41) is 14.2. The van der Waals surface area contributed by atoms with Crippen LogP contribution in [0.2, 0.25) is 0 Å². The zero-order valence-electron chi connectivity index (χ0n) is 11.1. The van der Waals surface area contributed by atoms with Crippen LogP contribution in [0, 0.1) is 10.1 Å². The maximum atomic E-state index is 11.0. The standard InChI is InChI=1S/C13H20N4O2/c1-2-16-8-4-5-10(16)9-15-12-7-3-6-11(14)13(12)17(18)19/h3,6-7,10,15H,2,4-5,8-9,14H2,1H3. The average molecular weight is 264 g/mol. The van der Waals surface area contributed by atoms with E-state index >= 15 is 0 Å². The molecule has 1 unspecified atom stereocenters. The summed E-state index contributed by atoms with van der Waals surface area (Å²) in [5.74, 6) is 0. The summed E-state index contributed by atoms with van der Waals surface area (Å²) in [7, 11) is 0. The number of rotatable bonds is 5. The molecule has 1 heterocycles. The van der Waals surface area contributed by atoms with E-state index in [1.165, 1.54) is 6.42 Å². The number of likely N-dealkylation sites (N-methyl/N-ethyl adjacent to an activating group) is 1. The molecule has 0 bridgehead atoms. The van der Waals surface area contributed by atoms with Gasteiger partial charge in [-0.3, -0.25) is 15.0 Å². The van der Waals surface area contributed by atoms with Gasteiger partial charge in [-0.05, 0) is 38.1 Å². The van der Waals surface area contributed by atoms with Crippen molar-refractivity contribution in [2.45, 2.75) is 25.8 Å². The molecule has 1 aromatic rings. The molecule has 3 N–H and O–H groups in total. The summed E-state index contributed by atoms with van der Waals surface area (Å²) in [4.78, 5) is 13.0. The van der Waals surface area contributed by atoms with Crippen LogP contribution in [0.4, 0.5) is 17.1 Å². The van der Waals surface area contributed by atoms with Crippen molar-refractivity contribution in [2.24, 2.45) is 0 Å². The fourth-order valence-corrected chi connectivity index (χ4v) is 2.68. The van der Waals surface area contributed by atoms with Crippen molar-refractivity contribution in [2.75, 3.05) is 30.7 Å². The molecule has 6 nitrogen and oxygen atoms in total. The Labute approximate surface area is 112 Å². The highest BCUT2D eigenvalue weighted by molar-refractivity contribution is 5.74. The van der Waals surface area contributed by atoms with Gasteiger partial charge in [0.25, 0.3) is 0 Å². The monoisotopic (exact) mass is 264 g/mol. The second-order valence-electron chi connectivity index (χ2n) is 4.81. The molecule has 1 fully saturated rings. The Balaban J connectivity index is 2.07. The molecular formula is C13H20N4O2. The van der Waals surface area contributed by atoms with E-state index in [0.29, 0.717) is 11.7 Å². The summed E-state index contributed by atoms with van der Waals surface area (Å²) in [6.45, 7) is 4.99. The number of nitro groups is 1. The summed E-state index contributed by atoms with van der Waals surface area (Å²) >= 11 is 0. The van der Waals surface area contributed by atoms with Crippen molar-refractivity contribution in [1.29, 1.82) is 0 Å². The highest BCUT2D eigenvalue weighted by atomic mass is 16.6. The van der Waals surface area contributed by atoms with Gasteiger partial charge in [0.1, 0.15) is 11.4 Å². The first-order chi connectivity index (χ1) is 9.13. The van der Waals surface area contributed by atoms with Gasteiger partial charge in [0.05, 0.1) is 4.92 Å². The molecule has 19 heavy (non-hydrogen) atoms. The molecule has 104 valence electrons. The third-order valence-corrected chi connectivity index (χ3v) is 3.68. The van der Waals surface area contributed by atoms with E-state index in [4.69, 9.17) is 5.73 Å². The molecule has 1 saturated heterocycles. The van der Waals surface area contributed by atoms with Crippen molar-refractivity contribution in [3.8, 4) is 0 Å². The molecule has 1 aliphatic rings. The number of benzene rings is 1. The summed E-state index contributed by atoms with van der Waals surface area (Å²) in [5.41, 5.74) is 6.35. The fraction of sp³-hybridized carbons (Fsp3) is 0.538. The van der Waals surface area contributed by atoms with Crippen LogP contribution in [0.3, 0.4) is 0 Å². The Morgan fingerprint density at radius 1 is 1.58 bits per heavy atom. The Bertz CT molecular complexity index is 464. The zero-order valence-corrected chi connectivity index (χ0v) is 11.1. The minimum Gasteiger partial charge on any atom is -0.393 e. The molecule has 0 aliphatic carbocycles. The number of nitrogens with one attached hydrogen (secondary N) is 1. The topological polar surface area (TPSA) is 84.4 Å². The third kappa shape index (κ3) is 2.96. The van der Waals surface area contributed by atoms with Gasteiger partial charge in [0.2, 0.25) is 0 Å². The van der Waals surface area contributed by atoms with Crippen molar-refractivity contribution in [3.63, 3.8) is 0 Å². The maximum Gasteiger partial charge on any atom is 0.314 e. The van der Waals surface area contributed by atoms with Crippen LogP contribution in [0.25, 0.3) is 0 Å². The van der Waals surface area contributed by atoms with Crippen molar-refractivity contribution in [1.82, 2.24) is 4.90 Å². The van der Waals surface area contributed by atoms with Crippen LogP contribution in [0.15, 0.2) is 18.2 Å². The largest absolute Gasteiger partial charge is 0.393 e. The van der Waals surface area contributed by atoms with Gasteiger partial charge in [-0.1, -0.05) is 13.0 Å². The summed E-state index contributed by atoms with van der Waals surface area (Å²) in [6.07, 6.45) is 2.33. The number of para-hydroxylation sites is 1. The van der Waals surface area contributed by atoms with E-state index in [1.54, 1.807) is 18.2 Å². The Kier molecular flexibility index (Phi) is 4.21. The number of hydrogen-bond donors (Lipinski definition) is 2. The van der Waals surface area contributed by atoms with Gasteiger partial charge in [0, 0.05) is 12.6 Å². The molecular weight excluding hydrogens is 244 g/mol. The van der Waals surface area contributed by atoms with Crippen LogP contribution in [-0.4, -0.2) is 35.5 Å². The Hall–Kier alpha value is -1.82. The molecule has 0 saturated carbocycles. The minimum absolute atomic E-state index is 0.0245. The normalized spacial score (nSPS) is 19.5. The SMILES string of the molecule is CCN1CCCC1CNc1cccc(N)c1[N+](=O)[O-]. The predicted octanol–water partition coefficient (Wildman–Crippen LogP) is 2.07. The molecule has 1 aromatic carbocycles. The quantitative estimate of drug-likeness (QED) is 0.483. The first kappa shape index (κ1) is 13.6. The highest BCUT2D eigenvalue weighted by Crippen LogP contribution is 2.30. The first-order valence-corrected chi connectivity index (χ1v) is 6.64. The fourth-order valence-electron chi connectivity index (χ4n) is 2.68. The van der Waals surface area contributed by atoms with Gasteiger partial charge >= 0.3 is 5.69 Å². The van der Waals surface area contributed by atoms with Crippen molar-refractivity contribution < 1.29 is 4.92 Å². The van der Waals surface area contributed by atoms with Gasteiger partial charge in [-0.2, -0.15) is 0 Å². The van der Waals surface area contributed by atoms with Gasteiger partial charge < -0.3 is 11.1 Å². The van der Waals surface area contributed by atoms with Crippen LogP contribution >= 0.6 is 0 Å². The number of nitrogens with two attached hydrogens (primary N) is 1. The molecule has 1 atom stereocenters. The second-order valence-corrected chi connectivity index (χ2v) is 4.81. The Morgan fingerprint density at radius 3 is 3.05 bits per heavy atom. The lowest BCUT2D eigenvalue weighted by Crippen LogP contribution is -2.34. The van der Waals surface area contributed by atoms with E-state index in [-0.39, 0.29) is 11.4 Å². The van der Waals surface area contributed by atoms with E-state index in [1.807, 2.05) is 0 Å². The van der Waals surface area contributed by atoms with Gasteiger partial charge in [-0.15, -0.1) is 0 Å². The van der Waals surface area contributed by atoms with Crippen LogP contribution in [0.5, 0.6) is 0 Å². The molecule has 2 rings (SSSR count). The number of nitro benzene ring substituents is 1. The smallest absolute Gasteiger partial charge is 0.314 e. The zero-order chi connectivity index (χ0) is 13.8. The molecule has 0 amide bonds. The number of nitrogen functional groups attached to an aromatic ring is 1. The molecule has 0 radical (unpaired) electrons. The van der Waals surface area contributed by atoms with E-state index in [0.717, 1.165) is 26.1 Å². The lowest BCUT2D eigenvalue weighted by Gasteiger charge is -2.23. The van der Waals surface area contributed by atoms with E-state index in [2.05, 4.69) is 17.1 Å². The predicted molar refractivity (Wildman–Crippen MR) is 76.3 cm³/mol. The number of hydrogen-bond acceptors (Lipinski definition) is 5. The molecule has 0 aromatic heterocycles. The number of nitrogens with zero attached hydrogens (tertiary/aromatic N) is 2. The lowest BCUT2D eigenvalue weighted by molar-refractivity contribution is -0.383. The van der Waals surface area contributed by atoms with Crippen LogP contribution < -0.4 is 11.1 Å². The second kappa shape index (κ2) is 5.88. The lowest BCUT2D eigenvalue weighted by atomic mass is 10.2. The third-order valence-electron chi connectivity index (χ3n) is 3.68.